The molecule has 0 saturated heterocycles. The number of hydrogen-bond acceptors (Lipinski definition) is 3. The highest BCUT2D eigenvalue weighted by molar-refractivity contribution is 5.91. The van der Waals surface area contributed by atoms with E-state index in [1.54, 1.807) is 0 Å². The van der Waals surface area contributed by atoms with E-state index in [2.05, 4.69) is 12.2 Å². The normalized spacial score (nSPS) is 11.0. The fraction of sp³-hybridized carbons (Fsp3) is 0.240. The lowest BCUT2D eigenvalue weighted by molar-refractivity contribution is -0.116. The Morgan fingerprint density at radius 3 is 2.53 bits per heavy atom. The van der Waals surface area contributed by atoms with E-state index in [0.29, 0.717) is 12.8 Å². The molecule has 0 fully saturated rings. The van der Waals surface area contributed by atoms with Crippen LogP contribution in [0.15, 0.2) is 60.7 Å². The maximum Gasteiger partial charge on any atom is 0.224 e. The van der Waals surface area contributed by atoms with Gasteiger partial charge in [-0.15, -0.1) is 0 Å². The van der Waals surface area contributed by atoms with Crippen LogP contribution in [-0.2, 0) is 17.6 Å². The molecule has 30 heavy (non-hydrogen) atoms. The summed E-state index contributed by atoms with van der Waals surface area (Å²) in [5.74, 6) is 0.0141. The van der Waals surface area contributed by atoms with Gasteiger partial charge in [0.2, 0.25) is 5.91 Å². The van der Waals surface area contributed by atoms with Gasteiger partial charge in [-0.25, -0.2) is 9.50 Å². The third-order valence-electron chi connectivity index (χ3n) is 5.51. The number of carbonyl (C=O) groups is 1. The predicted octanol–water partition coefficient (Wildman–Crippen LogP) is 5.15. The van der Waals surface area contributed by atoms with E-state index in [1.165, 1.54) is 0 Å². The monoisotopic (exact) mass is 398 g/mol. The van der Waals surface area contributed by atoms with Crippen LogP contribution in [0.25, 0.3) is 16.9 Å². The molecule has 0 saturated carbocycles. The molecule has 0 aliphatic rings. The molecular formula is C25H26N4O. The summed E-state index contributed by atoms with van der Waals surface area (Å²) >= 11 is 0. The summed E-state index contributed by atoms with van der Waals surface area (Å²) in [4.78, 5) is 17.3. The predicted molar refractivity (Wildman–Crippen MR) is 121 cm³/mol. The van der Waals surface area contributed by atoms with Crippen molar-refractivity contribution in [2.75, 3.05) is 5.32 Å². The van der Waals surface area contributed by atoms with Crippen LogP contribution in [0, 0.1) is 13.8 Å². The first kappa shape index (κ1) is 19.8. The van der Waals surface area contributed by atoms with Gasteiger partial charge in [0.15, 0.2) is 5.65 Å². The van der Waals surface area contributed by atoms with Gasteiger partial charge >= 0.3 is 0 Å². The molecule has 2 heterocycles. The van der Waals surface area contributed by atoms with Crippen LogP contribution in [-0.4, -0.2) is 20.5 Å². The lowest BCUT2D eigenvalue weighted by Crippen LogP contribution is -2.15. The van der Waals surface area contributed by atoms with E-state index < -0.39 is 0 Å². The third kappa shape index (κ3) is 3.96. The van der Waals surface area contributed by atoms with E-state index in [0.717, 1.165) is 51.5 Å². The minimum absolute atomic E-state index is 0.0141. The van der Waals surface area contributed by atoms with Crippen molar-refractivity contribution in [3.05, 3.63) is 83.2 Å². The first-order chi connectivity index (χ1) is 14.6. The number of nitrogens with zero attached hydrogens (tertiary/aromatic N) is 3. The molecule has 4 aromatic rings. The molecule has 0 aliphatic heterocycles. The van der Waals surface area contributed by atoms with Crippen molar-refractivity contribution in [3.8, 4) is 11.3 Å². The van der Waals surface area contributed by atoms with Gasteiger partial charge < -0.3 is 5.32 Å². The summed E-state index contributed by atoms with van der Waals surface area (Å²) in [6, 6.07) is 20.0. The Balaban J connectivity index is 1.54. The van der Waals surface area contributed by atoms with Crippen molar-refractivity contribution >= 4 is 17.2 Å². The second-order valence-corrected chi connectivity index (χ2v) is 7.49. The van der Waals surface area contributed by atoms with Crippen molar-refractivity contribution in [3.63, 3.8) is 0 Å². The molecule has 152 valence electrons. The quantitative estimate of drug-likeness (QED) is 0.489. The summed E-state index contributed by atoms with van der Waals surface area (Å²) in [5, 5.41) is 7.81. The van der Waals surface area contributed by atoms with Gasteiger partial charge in [-0.05, 0) is 43.9 Å². The zero-order valence-electron chi connectivity index (χ0n) is 17.6. The van der Waals surface area contributed by atoms with Gasteiger partial charge in [-0.1, -0.05) is 55.5 Å². The summed E-state index contributed by atoms with van der Waals surface area (Å²) in [6.07, 6.45) is 1.92. The molecule has 2 aromatic carbocycles. The second kappa shape index (κ2) is 8.49. The van der Waals surface area contributed by atoms with E-state index in [1.807, 2.05) is 79.0 Å². The highest BCUT2D eigenvalue weighted by Crippen LogP contribution is 2.23. The van der Waals surface area contributed by atoms with Crippen LogP contribution >= 0.6 is 0 Å². The molecule has 2 aromatic heterocycles. The highest BCUT2D eigenvalue weighted by Gasteiger charge is 2.14. The van der Waals surface area contributed by atoms with Crippen molar-refractivity contribution < 1.29 is 4.79 Å². The molecule has 4 rings (SSSR count). The number of aromatic nitrogens is 3. The maximum absolute atomic E-state index is 12.6. The van der Waals surface area contributed by atoms with Gasteiger partial charge in [-0.2, -0.15) is 5.10 Å². The fourth-order valence-corrected chi connectivity index (χ4v) is 3.84. The highest BCUT2D eigenvalue weighted by atomic mass is 16.1. The third-order valence-corrected chi connectivity index (χ3v) is 5.51. The van der Waals surface area contributed by atoms with Gasteiger partial charge in [0.25, 0.3) is 0 Å². The molecule has 5 nitrogen and oxygen atoms in total. The zero-order chi connectivity index (χ0) is 21.1. The summed E-state index contributed by atoms with van der Waals surface area (Å²) < 4.78 is 1.88. The molecular weight excluding hydrogens is 372 g/mol. The number of nitrogens with one attached hydrogen (secondary N) is 1. The van der Waals surface area contributed by atoms with E-state index in [-0.39, 0.29) is 5.91 Å². The number of para-hydroxylation sites is 1. The van der Waals surface area contributed by atoms with E-state index in [4.69, 9.17) is 10.1 Å². The SMILES string of the molecule is CCc1ccccc1NC(=O)CCc1c(C)nc2cc(-c3ccccc3)nn2c1C. The van der Waals surface area contributed by atoms with Gasteiger partial charge in [0.05, 0.1) is 5.69 Å². The number of hydrogen-bond donors (Lipinski definition) is 1. The maximum atomic E-state index is 12.6. The first-order valence-electron chi connectivity index (χ1n) is 10.4. The number of benzene rings is 2. The standard InChI is InChI=1S/C25H26N4O/c1-4-19-10-8-9-13-22(19)27-25(30)15-14-21-17(2)26-24-16-23(28-29(24)18(21)3)20-11-6-5-7-12-20/h5-13,16H,4,14-15H2,1-3H3,(H,27,30). The summed E-state index contributed by atoms with van der Waals surface area (Å²) in [7, 11) is 0. The molecule has 0 atom stereocenters. The fourth-order valence-electron chi connectivity index (χ4n) is 3.84. The van der Waals surface area contributed by atoms with Crippen LogP contribution in [0.1, 0.15) is 35.9 Å². The number of rotatable bonds is 6. The van der Waals surface area contributed by atoms with Crippen LogP contribution in [0.3, 0.4) is 0 Å². The Kier molecular flexibility index (Phi) is 5.61. The molecule has 0 unspecified atom stereocenters. The molecule has 1 N–H and O–H groups in total. The summed E-state index contributed by atoms with van der Waals surface area (Å²) in [5.41, 5.74) is 7.88. The minimum atomic E-state index is 0.0141. The molecule has 0 spiro atoms. The number of anilines is 1. The molecule has 1 amide bonds. The van der Waals surface area contributed by atoms with E-state index >= 15 is 0 Å². The van der Waals surface area contributed by atoms with Crippen LogP contribution < -0.4 is 5.32 Å². The number of fused-ring (bicyclic) bond motifs is 1. The first-order valence-corrected chi connectivity index (χ1v) is 10.4. The van der Waals surface area contributed by atoms with Crippen LogP contribution in [0.5, 0.6) is 0 Å². The largest absolute Gasteiger partial charge is 0.326 e. The Bertz CT molecular complexity index is 1190. The molecule has 0 bridgehead atoms. The molecule has 5 heteroatoms. The number of carbonyl (C=O) groups excluding carboxylic acids is 1. The molecule has 0 radical (unpaired) electrons. The summed E-state index contributed by atoms with van der Waals surface area (Å²) in [6.45, 7) is 6.14. The number of amides is 1. The molecule has 0 aliphatic carbocycles. The topological polar surface area (TPSA) is 59.3 Å². The average Bonchev–Trinajstić information content (AvgIpc) is 3.19. The Morgan fingerprint density at radius 1 is 1.03 bits per heavy atom. The average molecular weight is 399 g/mol. The van der Waals surface area contributed by atoms with Crippen molar-refractivity contribution in [2.45, 2.75) is 40.0 Å². The Labute approximate surface area is 176 Å². The second-order valence-electron chi connectivity index (χ2n) is 7.49. The Morgan fingerprint density at radius 2 is 1.77 bits per heavy atom. The van der Waals surface area contributed by atoms with Crippen molar-refractivity contribution in [1.82, 2.24) is 14.6 Å². The van der Waals surface area contributed by atoms with Gasteiger partial charge in [-0.3, -0.25) is 4.79 Å². The number of aryl methyl sites for hydroxylation is 3. The van der Waals surface area contributed by atoms with Gasteiger partial charge in [0.1, 0.15) is 0 Å². The lowest BCUT2D eigenvalue weighted by atomic mass is 10.1. The van der Waals surface area contributed by atoms with Crippen LogP contribution in [0.4, 0.5) is 5.69 Å². The Hall–Kier alpha value is -3.47. The van der Waals surface area contributed by atoms with E-state index in [9.17, 15) is 4.79 Å². The smallest absolute Gasteiger partial charge is 0.224 e. The van der Waals surface area contributed by atoms with Gasteiger partial charge in [0, 0.05) is 35.1 Å². The van der Waals surface area contributed by atoms with Crippen LogP contribution in [0.2, 0.25) is 0 Å². The lowest BCUT2D eigenvalue weighted by Gasteiger charge is -2.12. The van der Waals surface area contributed by atoms with Crippen molar-refractivity contribution in [2.24, 2.45) is 0 Å². The van der Waals surface area contributed by atoms with Crippen molar-refractivity contribution in [1.29, 1.82) is 0 Å². The zero-order valence-corrected chi connectivity index (χ0v) is 17.6. The minimum Gasteiger partial charge on any atom is -0.326 e.